The van der Waals surface area contributed by atoms with Crippen molar-refractivity contribution in [2.24, 2.45) is 12.5 Å². The highest BCUT2D eigenvalue weighted by Gasteiger charge is 2.42. The number of halogens is 1. The van der Waals surface area contributed by atoms with Gasteiger partial charge in [-0.05, 0) is 56.3 Å². The molecule has 2 aliphatic heterocycles. The van der Waals surface area contributed by atoms with E-state index in [1.165, 1.54) is 0 Å². The molecule has 0 bridgehead atoms. The Labute approximate surface area is 188 Å². The van der Waals surface area contributed by atoms with E-state index in [0.29, 0.717) is 17.1 Å². The number of likely N-dealkylation sites (tertiary alicyclic amines) is 2. The van der Waals surface area contributed by atoms with E-state index in [0.717, 1.165) is 68.4 Å². The fourth-order valence-corrected chi connectivity index (χ4v) is 5.22. The Bertz CT molecular complexity index is 966. The van der Waals surface area contributed by atoms with Crippen LogP contribution in [-0.4, -0.2) is 65.9 Å². The first-order valence-corrected chi connectivity index (χ1v) is 11.2. The molecule has 0 atom stereocenters. The van der Waals surface area contributed by atoms with Gasteiger partial charge in [-0.15, -0.1) is 0 Å². The second-order valence-electron chi connectivity index (χ2n) is 8.80. The Kier molecular flexibility index (Phi) is 6.17. The molecule has 0 unspecified atom stereocenters. The highest BCUT2D eigenvalue weighted by Crippen LogP contribution is 2.42. The number of carbonyl (C=O) groups excluding carboxylic acids is 1. The van der Waals surface area contributed by atoms with Gasteiger partial charge < -0.3 is 14.4 Å². The third-order valence-electron chi connectivity index (χ3n) is 6.92. The van der Waals surface area contributed by atoms with Crippen molar-refractivity contribution in [3.05, 3.63) is 40.2 Å². The highest BCUT2D eigenvalue weighted by molar-refractivity contribution is 6.30. The maximum atomic E-state index is 13.2. The van der Waals surface area contributed by atoms with Crippen molar-refractivity contribution in [2.75, 3.05) is 40.4 Å². The lowest BCUT2D eigenvalue weighted by Crippen LogP contribution is -2.44. The summed E-state index contributed by atoms with van der Waals surface area (Å²) < 4.78 is 12.5. The van der Waals surface area contributed by atoms with Gasteiger partial charge in [0.05, 0.1) is 25.5 Å². The van der Waals surface area contributed by atoms with Crippen LogP contribution < -0.4 is 9.47 Å². The Morgan fingerprint density at radius 3 is 2.48 bits per heavy atom. The molecule has 1 amide bonds. The van der Waals surface area contributed by atoms with Gasteiger partial charge in [0.15, 0.2) is 0 Å². The Balaban J connectivity index is 1.39. The van der Waals surface area contributed by atoms with Crippen LogP contribution in [0.1, 0.15) is 40.9 Å². The molecule has 7 nitrogen and oxygen atoms in total. The number of amides is 1. The monoisotopic (exact) mass is 446 g/mol. The average molecular weight is 447 g/mol. The molecule has 31 heavy (non-hydrogen) atoms. The van der Waals surface area contributed by atoms with E-state index in [4.69, 9.17) is 21.1 Å². The predicted molar refractivity (Wildman–Crippen MR) is 120 cm³/mol. The van der Waals surface area contributed by atoms with Gasteiger partial charge in [-0.2, -0.15) is 5.10 Å². The normalized spacial score (nSPS) is 18.5. The van der Waals surface area contributed by atoms with Crippen LogP contribution in [0.5, 0.6) is 11.5 Å². The van der Waals surface area contributed by atoms with Crippen molar-refractivity contribution in [3.63, 3.8) is 0 Å². The van der Waals surface area contributed by atoms with Crippen molar-refractivity contribution >= 4 is 17.5 Å². The summed E-state index contributed by atoms with van der Waals surface area (Å²) in [6, 6.07) is 5.37. The quantitative estimate of drug-likeness (QED) is 0.703. The van der Waals surface area contributed by atoms with E-state index in [9.17, 15) is 4.79 Å². The number of hydrogen-bond donors (Lipinski definition) is 0. The van der Waals surface area contributed by atoms with Gasteiger partial charge in [0.25, 0.3) is 5.91 Å². The first-order chi connectivity index (χ1) is 14.9. The van der Waals surface area contributed by atoms with Gasteiger partial charge in [0, 0.05) is 38.8 Å². The first-order valence-electron chi connectivity index (χ1n) is 10.8. The number of aryl methyl sites for hydroxylation is 2. The van der Waals surface area contributed by atoms with E-state index < -0.39 is 0 Å². The summed E-state index contributed by atoms with van der Waals surface area (Å²) >= 11 is 6.44. The molecule has 2 aliphatic rings. The van der Waals surface area contributed by atoms with Crippen molar-refractivity contribution in [1.82, 2.24) is 19.6 Å². The summed E-state index contributed by atoms with van der Waals surface area (Å²) in [5.41, 5.74) is 2.96. The number of piperidine rings is 1. The number of hydrogen-bond acceptors (Lipinski definition) is 5. The number of ether oxygens (including phenoxy) is 2. The van der Waals surface area contributed by atoms with Crippen LogP contribution in [-0.2, 0) is 13.6 Å². The van der Waals surface area contributed by atoms with Crippen molar-refractivity contribution in [2.45, 2.75) is 32.7 Å². The minimum absolute atomic E-state index is 0.0122. The number of nitrogens with zero attached hydrogens (tertiary/aromatic N) is 4. The van der Waals surface area contributed by atoms with E-state index in [1.807, 2.05) is 24.9 Å². The summed E-state index contributed by atoms with van der Waals surface area (Å²) in [7, 11) is 5.08. The van der Waals surface area contributed by atoms with Crippen LogP contribution in [0.3, 0.4) is 0 Å². The van der Waals surface area contributed by atoms with Gasteiger partial charge in [0.2, 0.25) is 0 Å². The van der Waals surface area contributed by atoms with E-state index in [2.05, 4.69) is 10.00 Å². The zero-order valence-corrected chi connectivity index (χ0v) is 19.5. The summed E-state index contributed by atoms with van der Waals surface area (Å²) in [5.74, 6) is 1.26. The number of carbonyl (C=O) groups is 1. The maximum Gasteiger partial charge on any atom is 0.257 e. The summed E-state index contributed by atoms with van der Waals surface area (Å²) in [5, 5.41) is 5.16. The Morgan fingerprint density at radius 2 is 1.87 bits per heavy atom. The molecule has 2 fully saturated rings. The lowest BCUT2D eigenvalue weighted by atomic mass is 9.77. The number of rotatable bonds is 5. The molecular weight excluding hydrogens is 416 g/mol. The molecule has 1 aromatic heterocycles. The lowest BCUT2D eigenvalue weighted by molar-refractivity contribution is 0.0584. The number of methoxy groups -OCH3 is 2. The van der Waals surface area contributed by atoms with Gasteiger partial charge in [-0.1, -0.05) is 11.6 Å². The van der Waals surface area contributed by atoms with Crippen LogP contribution in [0.15, 0.2) is 18.2 Å². The Hall–Kier alpha value is -2.25. The van der Waals surface area contributed by atoms with Crippen molar-refractivity contribution in [1.29, 1.82) is 0 Å². The smallest absolute Gasteiger partial charge is 0.257 e. The number of aromatic nitrogens is 2. The van der Waals surface area contributed by atoms with E-state index in [-0.39, 0.29) is 11.3 Å². The van der Waals surface area contributed by atoms with Crippen LogP contribution >= 0.6 is 11.6 Å². The fraction of sp³-hybridized carbons (Fsp3) is 0.565. The van der Waals surface area contributed by atoms with Crippen molar-refractivity contribution < 1.29 is 14.3 Å². The van der Waals surface area contributed by atoms with Crippen LogP contribution in [0.2, 0.25) is 5.15 Å². The molecule has 1 spiro atoms. The molecule has 0 N–H and O–H groups in total. The molecule has 0 aliphatic carbocycles. The zero-order chi connectivity index (χ0) is 22.2. The molecule has 8 heteroatoms. The lowest BCUT2D eigenvalue weighted by Gasteiger charge is -2.39. The first kappa shape index (κ1) is 22.0. The molecule has 168 valence electrons. The second kappa shape index (κ2) is 8.71. The van der Waals surface area contributed by atoms with E-state index >= 15 is 0 Å². The summed E-state index contributed by atoms with van der Waals surface area (Å²) in [4.78, 5) is 17.6. The van der Waals surface area contributed by atoms with Crippen LogP contribution in [0.25, 0.3) is 0 Å². The van der Waals surface area contributed by atoms with Gasteiger partial charge >= 0.3 is 0 Å². The standard InChI is InChI=1S/C23H31ClN4O3/c1-16-19(21(24)26(2)25-16)14-27-10-7-23(15-27)8-11-28(12-9-23)22(29)18-13-17(30-3)5-6-20(18)31-4/h5-6,13H,7-12,14-15H2,1-4H3. The highest BCUT2D eigenvalue weighted by atomic mass is 35.5. The van der Waals surface area contributed by atoms with E-state index in [1.54, 1.807) is 31.0 Å². The van der Waals surface area contributed by atoms with Crippen LogP contribution in [0, 0.1) is 12.3 Å². The fourth-order valence-electron chi connectivity index (χ4n) is 4.98. The van der Waals surface area contributed by atoms with Gasteiger partial charge in [-0.25, -0.2) is 0 Å². The van der Waals surface area contributed by atoms with Crippen molar-refractivity contribution in [3.8, 4) is 11.5 Å². The van der Waals surface area contributed by atoms with Gasteiger partial charge in [-0.3, -0.25) is 14.4 Å². The third kappa shape index (κ3) is 4.26. The number of benzene rings is 1. The molecule has 0 radical (unpaired) electrons. The SMILES string of the molecule is COc1ccc(OC)c(C(=O)N2CCC3(CCN(Cc4c(C)nn(C)c4Cl)C3)CC2)c1. The Morgan fingerprint density at radius 1 is 1.16 bits per heavy atom. The molecule has 2 aromatic rings. The molecule has 1 aromatic carbocycles. The minimum Gasteiger partial charge on any atom is -0.497 e. The summed E-state index contributed by atoms with van der Waals surface area (Å²) in [6.07, 6.45) is 3.19. The third-order valence-corrected chi connectivity index (χ3v) is 7.39. The molecular formula is C23H31ClN4O3. The molecule has 4 rings (SSSR count). The van der Waals surface area contributed by atoms with Crippen LogP contribution in [0.4, 0.5) is 0 Å². The average Bonchev–Trinajstić information content (AvgIpc) is 3.28. The maximum absolute atomic E-state index is 13.2. The largest absolute Gasteiger partial charge is 0.497 e. The zero-order valence-electron chi connectivity index (χ0n) is 18.8. The molecule has 3 heterocycles. The summed E-state index contributed by atoms with van der Waals surface area (Å²) in [6.45, 7) is 6.48. The molecule has 2 saturated heterocycles. The topological polar surface area (TPSA) is 59.8 Å². The molecule has 0 saturated carbocycles. The minimum atomic E-state index is 0.0122. The predicted octanol–water partition coefficient (Wildman–Crippen LogP) is 3.53. The van der Waals surface area contributed by atoms with Gasteiger partial charge in [0.1, 0.15) is 16.7 Å². The second-order valence-corrected chi connectivity index (χ2v) is 9.16.